The second kappa shape index (κ2) is 6.44. The molecule has 0 aliphatic heterocycles. The number of carbonyl (C=O) groups excluding carboxylic acids is 1. The Kier molecular flexibility index (Phi) is 5.98. The molecule has 0 fully saturated rings. The molecule has 0 spiro atoms. The van der Waals surface area contributed by atoms with Crippen LogP contribution in [0, 0.1) is 5.41 Å². The van der Waals surface area contributed by atoms with Gasteiger partial charge >= 0.3 is 5.97 Å². The third-order valence-corrected chi connectivity index (χ3v) is 1.91. The number of ether oxygens (including phenoxy) is 1. The maximum atomic E-state index is 11.3. The molecule has 0 radical (unpaired) electrons. The highest BCUT2D eigenvalue weighted by Gasteiger charge is 2.32. The summed E-state index contributed by atoms with van der Waals surface area (Å²) in [6.07, 6.45) is 0. The highest BCUT2D eigenvalue weighted by molar-refractivity contribution is 5.84. The average Bonchev–Trinajstić information content (AvgIpc) is 2.12. The van der Waals surface area contributed by atoms with Crippen molar-refractivity contribution in [2.45, 2.75) is 26.8 Å². The van der Waals surface area contributed by atoms with E-state index in [-0.39, 0.29) is 13.2 Å². The summed E-state index contributed by atoms with van der Waals surface area (Å²) in [6.45, 7) is 5.67. The van der Waals surface area contributed by atoms with Gasteiger partial charge in [-0.3, -0.25) is 4.79 Å². The minimum Gasteiger partial charge on any atom is -0.480 e. The summed E-state index contributed by atoms with van der Waals surface area (Å²) in [7, 11) is 0. The van der Waals surface area contributed by atoms with Crippen molar-refractivity contribution in [2.24, 2.45) is 11.1 Å². The Bertz CT molecular complexity index is 248. The predicted octanol–water partition coefficient (Wildman–Crippen LogP) is -0.423. The quantitative estimate of drug-likeness (QED) is 0.540. The van der Waals surface area contributed by atoms with Crippen LogP contribution >= 0.6 is 0 Å². The van der Waals surface area contributed by atoms with Gasteiger partial charge in [0.25, 0.3) is 0 Å². The zero-order valence-corrected chi connectivity index (χ0v) is 9.95. The van der Waals surface area contributed by atoms with Crippen molar-refractivity contribution >= 4 is 11.9 Å². The summed E-state index contributed by atoms with van der Waals surface area (Å²) in [5.74, 6) is -1.50. The van der Waals surface area contributed by atoms with Crippen molar-refractivity contribution in [3.8, 4) is 0 Å². The molecular weight excluding hydrogens is 212 g/mol. The van der Waals surface area contributed by atoms with Crippen LogP contribution in [0.4, 0.5) is 0 Å². The van der Waals surface area contributed by atoms with Gasteiger partial charge in [0.05, 0.1) is 6.61 Å². The molecule has 16 heavy (non-hydrogen) atoms. The summed E-state index contributed by atoms with van der Waals surface area (Å²) in [6, 6.07) is -0.929. The number of carboxylic acid groups (broad SMARTS) is 1. The fourth-order valence-corrected chi connectivity index (χ4v) is 1.10. The average molecular weight is 232 g/mol. The summed E-state index contributed by atoms with van der Waals surface area (Å²) < 4.78 is 4.91. The maximum absolute atomic E-state index is 11.3. The SMILES string of the molecule is CC(C)(C)C(NC(=O)COCCN)C(=O)O. The molecule has 94 valence electrons. The zero-order valence-electron chi connectivity index (χ0n) is 9.95. The highest BCUT2D eigenvalue weighted by Crippen LogP contribution is 2.19. The molecule has 0 bridgehead atoms. The van der Waals surface area contributed by atoms with E-state index in [9.17, 15) is 9.59 Å². The van der Waals surface area contributed by atoms with Crippen LogP contribution in [0.5, 0.6) is 0 Å². The van der Waals surface area contributed by atoms with Crippen molar-refractivity contribution in [1.82, 2.24) is 5.32 Å². The first-order chi connectivity index (χ1) is 7.29. The normalized spacial score (nSPS) is 13.2. The van der Waals surface area contributed by atoms with Crippen LogP contribution in [-0.2, 0) is 14.3 Å². The Labute approximate surface area is 95.1 Å². The number of nitrogens with one attached hydrogen (secondary N) is 1. The molecule has 0 rings (SSSR count). The van der Waals surface area contributed by atoms with E-state index >= 15 is 0 Å². The molecule has 0 aromatic heterocycles. The van der Waals surface area contributed by atoms with E-state index in [1.807, 2.05) is 0 Å². The van der Waals surface area contributed by atoms with Crippen molar-refractivity contribution in [3.05, 3.63) is 0 Å². The van der Waals surface area contributed by atoms with Crippen LogP contribution in [-0.4, -0.2) is 42.8 Å². The number of amides is 1. The summed E-state index contributed by atoms with van der Waals surface area (Å²) in [5.41, 5.74) is 4.64. The van der Waals surface area contributed by atoms with Gasteiger partial charge in [-0.25, -0.2) is 4.79 Å². The third-order valence-electron chi connectivity index (χ3n) is 1.91. The highest BCUT2D eigenvalue weighted by atomic mass is 16.5. The Hall–Kier alpha value is -1.14. The lowest BCUT2D eigenvalue weighted by Crippen LogP contribution is -2.50. The standard InChI is InChI=1S/C10H20N2O4/c1-10(2,3)8(9(14)15)12-7(13)6-16-5-4-11/h8H,4-6,11H2,1-3H3,(H,12,13)(H,14,15). The van der Waals surface area contributed by atoms with Gasteiger partial charge in [0.1, 0.15) is 12.6 Å². The van der Waals surface area contributed by atoms with Gasteiger partial charge in [-0.1, -0.05) is 20.8 Å². The molecule has 4 N–H and O–H groups in total. The van der Waals surface area contributed by atoms with Gasteiger partial charge in [0.15, 0.2) is 0 Å². The van der Waals surface area contributed by atoms with Crippen LogP contribution in [0.1, 0.15) is 20.8 Å². The number of rotatable bonds is 6. The van der Waals surface area contributed by atoms with Crippen LogP contribution in [0.3, 0.4) is 0 Å². The Balaban J connectivity index is 4.21. The number of carboxylic acids is 1. The molecule has 6 nitrogen and oxygen atoms in total. The van der Waals surface area contributed by atoms with Crippen molar-refractivity contribution in [1.29, 1.82) is 0 Å². The molecule has 1 unspecified atom stereocenters. The molecule has 0 heterocycles. The second-order valence-corrected chi connectivity index (χ2v) is 4.55. The molecule has 0 aromatic carbocycles. The first kappa shape index (κ1) is 14.9. The van der Waals surface area contributed by atoms with E-state index in [0.29, 0.717) is 6.54 Å². The van der Waals surface area contributed by atoms with Crippen LogP contribution < -0.4 is 11.1 Å². The van der Waals surface area contributed by atoms with E-state index in [4.69, 9.17) is 15.6 Å². The van der Waals surface area contributed by atoms with Crippen LogP contribution in [0.15, 0.2) is 0 Å². The fourth-order valence-electron chi connectivity index (χ4n) is 1.10. The van der Waals surface area contributed by atoms with Crippen LogP contribution in [0.25, 0.3) is 0 Å². The maximum Gasteiger partial charge on any atom is 0.326 e. The molecule has 0 saturated heterocycles. The number of carbonyl (C=O) groups is 2. The van der Waals surface area contributed by atoms with Crippen molar-refractivity contribution < 1.29 is 19.4 Å². The van der Waals surface area contributed by atoms with Gasteiger partial charge < -0.3 is 20.9 Å². The van der Waals surface area contributed by atoms with Gasteiger partial charge in [-0.2, -0.15) is 0 Å². The minimum atomic E-state index is -1.06. The van der Waals surface area contributed by atoms with E-state index in [1.165, 1.54) is 0 Å². The lowest BCUT2D eigenvalue weighted by Gasteiger charge is -2.27. The Morgan fingerprint density at radius 1 is 1.44 bits per heavy atom. The monoisotopic (exact) mass is 232 g/mol. The van der Waals surface area contributed by atoms with Gasteiger partial charge in [0.2, 0.25) is 5.91 Å². The van der Waals surface area contributed by atoms with E-state index in [2.05, 4.69) is 5.32 Å². The number of hydrogen-bond donors (Lipinski definition) is 3. The van der Waals surface area contributed by atoms with Crippen molar-refractivity contribution in [3.63, 3.8) is 0 Å². The first-order valence-corrected chi connectivity index (χ1v) is 5.09. The summed E-state index contributed by atoms with van der Waals surface area (Å²) >= 11 is 0. The number of hydrogen-bond acceptors (Lipinski definition) is 4. The smallest absolute Gasteiger partial charge is 0.326 e. The van der Waals surface area contributed by atoms with E-state index < -0.39 is 23.3 Å². The largest absolute Gasteiger partial charge is 0.480 e. The fraction of sp³-hybridized carbons (Fsp3) is 0.800. The number of aliphatic carboxylic acids is 1. The molecular formula is C10H20N2O4. The minimum absolute atomic E-state index is 0.170. The van der Waals surface area contributed by atoms with Crippen LogP contribution in [0.2, 0.25) is 0 Å². The number of nitrogens with two attached hydrogens (primary N) is 1. The van der Waals surface area contributed by atoms with Gasteiger partial charge in [-0.15, -0.1) is 0 Å². The molecule has 0 aliphatic carbocycles. The second-order valence-electron chi connectivity index (χ2n) is 4.55. The van der Waals surface area contributed by atoms with E-state index in [0.717, 1.165) is 0 Å². The lowest BCUT2D eigenvalue weighted by atomic mass is 9.87. The molecule has 0 aromatic rings. The van der Waals surface area contributed by atoms with E-state index in [1.54, 1.807) is 20.8 Å². The van der Waals surface area contributed by atoms with Gasteiger partial charge in [-0.05, 0) is 5.41 Å². The molecule has 6 heteroatoms. The predicted molar refractivity (Wildman–Crippen MR) is 58.9 cm³/mol. The zero-order chi connectivity index (χ0) is 12.8. The molecule has 0 aliphatic rings. The van der Waals surface area contributed by atoms with Crippen molar-refractivity contribution in [2.75, 3.05) is 19.8 Å². The Morgan fingerprint density at radius 2 is 2.00 bits per heavy atom. The van der Waals surface area contributed by atoms with Gasteiger partial charge in [0, 0.05) is 6.54 Å². The Morgan fingerprint density at radius 3 is 2.38 bits per heavy atom. The molecule has 1 amide bonds. The molecule has 1 atom stereocenters. The summed E-state index contributed by atoms with van der Waals surface area (Å²) in [4.78, 5) is 22.3. The summed E-state index contributed by atoms with van der Waals surface area (Å²) in [5, 5.41) is 11.4. The third kappa shape index (κ3) is 5.67. The molecule has 0 saturated carbocycles. The lowest BCUT2D eigenvalue weighted by molar-refractivity contribution is -0.145. The first-order valence-electron chi connectivity index (χ1n) is 5.09. The topological polar surface area (TPSA) is 102 Å².